The van der Waals surface area contributed by atoms with E-state index in [2.05, 4.69) is 0 Å². The summed E-state index contributed by atoms with van der Waals surface area (Å²) in [6.45, 7) is 4.07. The van der Waals surface area contributed by atoms with Gasteiger partial charge in [0.1, 0.15) is 6.10 Å². The van der Waals surface area contributed by atoms with E-state index >= 15 is 0 Å². The molecule has 27 heavy (non-hydrogen) atoms. The van der Waals surface area contributed by atoms with Crippen LogP contribution in [0.25, 0.3) is 26.4 Å². The highest BCUT2D eigenvalue weighted by Crippen LogP contribution is 2.36. The third kappa shape index (κ3) is 3.22. The standard InChI is InChI=1S/C21H20N2O3S/c1-3-26-18(25)12-16(24)20-19(14-10-8-13(2)9-11-14)22-21-23(20)15-6-4-5-7-17(15)27-21/h4-11,16,24H,3,12H2,1-2H3. The average Bonchev–Trinajstić information content (AvgIpc) is 3.18. The van der Waals surface area contributed by atoms with Crippen LogP contribution in [0.4, 0.5) is 0 Å². The minimum atomic E-state index is -1.01. The van der Waals surface area contributed by atoms with Crippen molar-refractivity contribution >= 4 is 32.5 Å². The van der Waals surface area contributed by atoms with Crippen LogP contribution < -0.4 is 0 Å². The fourth-order valence-corrected chi connectivity index (χ4v) is 4.28. The van der Waals surface area contributed by atoms with E-state index in [1.807, 2.05) is 59.9 Å². The van der Waals surface area contributed by atoms with Crippen molar-refractivity contribution in [1.82, 2.24) is 9.38 Å². The molecule has 4 aromatic rings. The number of thiazole rings is 1. The molecule has 5 nitrogen and oxygen atoms in total. The third-order valence-corrected chi connectivity index (χ3v) is 5.52. The molecule has 1 atom stereocenters. The largest absolute Gasteiger partial charge is 0.466 e. The second kappa shape index (κ2) is 7.13. The minimum Gasteiger partial charge on any atom is -0.466 e. The lowest BCUT2D eigenvalue weighted by molar-refractivity contribution is -0.145. The highest BCUT2D eigenvalue weighted by molar-refractivity contribution is 7.23. The maximum absolute atomic E-state index is 12.0. The van der Waals surface area contributed by atoms with Crippen LogP contribution in [0.3, 0.4) is 0 Å². The maximum Gasteiger partial charge on any atom is 0.308 e. The maximum atomic E-state index is 12.0. The molecular formula is C21H20N2O3S. The molecule has 0 fully saturated rings. The van der Waals surface area contributed by atoms with Crippen molar-refractivity contribution in [3.8, 4) is 11.3 Å². The smallest absolute Gasteiger partial charge is 0.308 e. The number of nitrogens with zero attached hydrogens (tertiary/aromatic N) is 2. The lowest BCUT2D eigenvalue weighted by atomic mass is 10.0. The van der Waals surface area contributed by atoms with Gasteiger partial charge in [-0.15, -0.1) is 0 Å². The monoisotopic (exact) mass is 380 g/mol. The van der Waals surface area contributed by atoms with Gasteiger partial charge >= 0.3 is 5.97 Å². The topological polar surface area (TPSA) is 63.8 Å². The highest BCUT2D eigenvalue weighted by Gasteiger charge is 2.25. The van der Waals surface area contributed by atoms with Crippen LogP contribution in [0.15, 0.2) is 48.5 Å². The molecule has 0 spiro atoms. The van der Waals surface area contributed by atoms with E-state index in [4.69, 9.17) is 9.72 Å². The lowest BCUT2D eigenvalue weighted by Gasteiger charge is -2.12. The highest BCUT2D eigenvalue weighted by atomic mass is 32.1. The number of ether oxygens (including phenoxy) is 1. The van der Waals surface area contributed by atoms with Gasteiger partial charge in [0.15, 0.2) is 4.96 Å². The Hall–Kier alpha value is -2.70. The number of imidazole rings is 1. The second-order valence-corrected chi connectivity index (χ2v) is 7.43. The van der Waals surface area contributed by atoms with Crippen LogP contribution >= 0.6 is 11.3 Å². The molecule has 6 heteroatoms. The molecule has 2 aromatic heterocycles. The first kappa shape index (κ1) is 17.7. The van der Waals surface area contributed by atoms with Crippen LogP contribution in [-0.2, 0) is 9.53 Å². The molecule has 0 aliphatic rings. The summed E-state index contributed by atoms with van der Waals surface area (Å²) < 4.78 is 8.07. The van der Waals surface area contributed by atoms with E-state index in [-0.39, 0.29) is 6.42 Å². The normalized spacial score (nSPS) is 12.6. The SMILES string of the molecule is CCOC(=O)CC(O)c1c(-c2ccc(C)cc2)nc2sc3ccccc3n12. The number of aryl methyl sites for hydroxylation is 1. The Labute approximate surface area is 160 Å². The molecule has 0 aliphatic carbocycles. The number of rotatable bonds is 5. The Kier molecular flexibility index (Phi) is 4.68. The van der Waals surface area contributed by atoms with Gasteiger partial charge in [0.05, 0.1) is 34.6 Å². The van der Waals surface area contributed by atoms with Crippen molar-refractivity contribution in [3.05, 3.63) is 59.8 Å². The number of esters is 1. The predicted molar refractivity (Wildman–Crippen MR) is 107 cm³/mol. The zero-order chi connectivity index (χ0) is 19.0. The third-order valence-electron chi connectivity index (χ3n) is 4.50. The molecule has 0 aliphatic heterocycles. The van der Waals surface area contributed by atoms with Gasteiger partial charge in [-0.25, -0.2) is 4.98 Å². The number of aliphatic hydroxyl groups is 1. The number of aromatic nitrogens is 2. The summed E-state index contributed by atoms with van der Waals surface area (Å²) in [5.74, 6) is -0.422. The summed E-state index contributed by atoms with van der Waals surface area (Å²) in [6, 6.07) is 16.0. The predicted octanol–water partition coefficient (Wildman–Crippen LogP) is 4.51. The molecular weight excluding hydrogens is 360 g/mol. The van der Waals surface area contributed by atoms with Crippen LogP contribution in [-0.4, -0.2) is 27.1 Å². The summed E-state index contributed by atoms with van der Waals surface area (Å²) in [5.41, 5.74) is 4.36. The van der Waals surface area contributed by atoms with Crippen LogP contribution in [0, 0.1) is 6.92 Å². The van der Waals surface area contributed by atoms with Gasteiger partial charge in [-0.05, 0) is 26.0 Å². The van der Waals surface area contributed by atoms with E-state index in [1.165, 1.54) is 0 Å². The fraction of sp³-hybridized carbons (Fsp3) is 0.238. The molecule has 0 bridgehead atoms. The average molecular weight is 380 g/mol. The molecule has 0 saturated carbocycles. The summed E-state index contributed by atoms with van der Waals surface area (Å²) in [7, 11) is 0. The molecule has 2 aromatic carbocycles. The van der Waals surface area contributed by atoms with Crippen molar-refractivity contribution < 1.29 is 14.6 Å². The quantitative estimate of drug-likeness (QED) is 0.517. The number of hydrogen-bond acceptors (Lipinski definition) is 5. The van der Waals surface area contributed by atoms with Gasteiger partial charge in [0, 0.05) is 5.56 Å². The second-order valence-electron chi connectivity index (χ2n) is 6.42. The van der Waals surface area contributed by atoms with E-state index in [0.717, 1.165) is 26.3 Å². The van der Waals surface area contributed by atoms with E-state index in [9.17, 15) is 9.90 Å². The lowest BCUT2D eigenvalue weighted by Crippen LogP contribution is -2.12. The van der Waals surface area contributed by atoms with Crippen molar-refractivity contribution in [3.63, 3.8) is 0 Å². The molecule has 1 unspecified atom stereocenters. The van der Waals surface area contributed by atoms with Gasteiger partial charge in [0.25, 0.3) is 0 Å². The summed E-state index contributed by atoms with van der Waals surface area (Å²) in [5, 5.41) is 10.9. The van der Waals surface area contributed by atoms with E-state index in [1.54, 1.807) is 18.3 Å². The Balaban J connectivity index is 1.91. The Morgan fingerprint density at radius 1 is 1.22 bits per heavy atom. The van der Waals surface area contributed by atoms with Crippen molar-refractivity contribution in [2.45, 2.75) is 26.4 Å². The number of carbonyl (C=O) groups is 1. The zero-order valence-corrected chi connectivity index (χ0v) is 16.0. The van der Waals surface area contributed by atoms with Crippen molar-refractivity contribution in [2.24, 2.45) is 0 Å². The fourth-order valence-electron chi connectivity index (χ4n) is 3.24. The molecule has 0 amide bonds. The first-order chi connectivity index (χ1) is 13.1. The van der Waals surface area contributed by atoms with Crippen molar-refractivity contribution in [2.75, 3.05) is 6.61 Å². The van der Waals surface area contributed by atoms with Crippen LogP contribution in [0.2, 0.25) is 0 Å². The van der Waals surface area contributed by atoms with Crippen LogP contribution in [0.1, 0.15) is 30.7 Å². The molecule has 4 rings (SSSR count). The molecule has 0 saturated heterocycles. The Bertz CT molecular complexity index is 1110. The summed E-state index contributed by atoms with van der Waals surface area (Å²) >= 11 is 1.57. The van der Waals surface area contributed by atoms with E-state index in [0.29, 0.717) is 18.0 Å². The molecule has 0 radical (unpaired) electrons. The number of hydrogen-bond donors (Lipinski definition) is 1. The van der Waals surface area contributed by atoms with Crippen molar-refractivity contribution in [1.29, 1.82) is 0 Å². The van der Waals surface area contributed by atoms with Gasteiger partial charge < -0.3 is 9.84 Å². The van der Waals surface area contributed by atoms with Crippen LogP contribution in [0.5, 0.6) is 0 Å². The molecule has 1 N–H and O–H groups in total. The number of aliphatic hydroxyl groups excluding tert-OH is 1. The Morgan fingerprint density at radius 2 is 1.96 bits per heavy atom. The van der Waals surface area contributed by atoms with Gasteiger partial charge in [-0.2, -0.15) is 0 Å². The number of carbonyl (C=O) groups excluding carboxylic acids is 1. The summed E-state index contributed by atoms with van der Waals surface area (Å²) in [4.78, 5) is 17.6. The minimum absolute atomic E-state index is 0.106. The Morgan fingerprint density at radius 3 is 2.70 bits per heavy atom. The number of fused-ring (bicyclic) bond motifs is 3. The van der Waals surface area contributed by atoms with Gasteiger partial charge in [-0.1, -0.05) is 53.3 Å². The number of para-hydroxylation sites is 1. The number of benzene rings is 2. The van der Waals surface area contributed by atoms with E-state index < -0.39 is 12.1 Å². The first-order valence-corrected chi connectivity index (χ1v) is 9.70. The van der Waals surface area contributed by atoms with Gasteiger partial charge in [-0.3, -0.25) is 9.20 Å². The zero-order valence-electron chi connectivity index (χ0n) is 15.2. The van der Waals surface area contributed by atoms with Gasteiger partial charge in [0.2, 0.25) is 0 Å². The molecule has 2 heterocycles. The first-order valence-electron chi connectivity index (χ1n) is 8.89. The summed E-state index contributed by atoms with van der Waals surface area (Å²) in [6.07, 6.45) is -1.11. The molecule has 138 valence electrons.